The Balaban J connectivity index is 1.97. The van der Waals surface area contributed by atoms with Crippen molar-refractivity contribution in [2.24, 2.45) is 5.10 Å². The lowest BCUT2D eigenvalue weighted by molar-refractivity contribution is 0.0287. The van der Waals surface area contributed by atoms with Gasteiger partial charge in [-0.3, -0.25) is 15.8 Å². The Kier molecular flexibility index (Phi) is 7.61. The largest absolute Gasteiger partial charge is 0.769 e. The van der Waals surface area contributed by atoms with E-state index < -0.39 is 16.8 Å². The van der Waals surface area contributed by atoms with E-state index in [-0.39, 0.29) is 15.9 Å². The van der Waals surface area contributed by atoms with E-state index in [1.54, 1.807) is 0 Å². The van der Waals surface area contributed by atoms with E-state index in [9.17, 15) is 20.8 Å². The smallest absolute Gasteiger partial charge is 0.101 e. The molecule has 0 bridgehead atoms. The van der Waals surface area contributed by atoms with Gasteiger partial charge in [0.1, 0.15) is 5.69 Å². The van der Waals surface area contributed by atoms with Gasteiger partial charge in [-0.15, -0.1) is 5.23 Å². The fourth-order valence-electron chi connectivity index (χ4n) is 3.78. The Morgan fingerprint density at radius 3 is 1.94 bits per heavy atom. The number of halogens is 1. The molecule has 0 radical (unpaired) electrons. The normalized spacial score (nSPS) is 12.2. The molecule has 3 N–H and O–H groups in total. The molecular formula is C26H21ClN4O4-2. The Morgan fingerprint density at radius 2 is 1.37 bits per heavy atom. The van der Waals surface area contributed by atoms with Gasteiger partial charge in [-0.05, 0) is 41.0 Å². The monoisotopic (exact) mass is 488 g/mol. The molecule has 0 aliphatic carbocycles. The molecular weight excluding hydrogens is 468 g/mol. The maximum atomic E-state index is 11.5. The van der Waals surface area contributed by atoms with Gasteiger partial charge in [-0.1, -0.05) is 90.5 Å². The highest BCUT2D eigenvalue weighted by Crippen LogP contribution is 2.40. The van der Waals surface area contributed by atoms with Crippen LogP contribution in [0.4, 0.5) is 17.1 Å². The average molecular weight is 489 g/mol. The van der Waals surface area contributed by atoms with Crippen LogP contribution in [0, 0.1) is 10.4 Å². The molecule has 4 aromatic carbocycles. The van der Waals surface area contributed by atoms with Crippen LogP contribution in [-0.4, -0.2) is 16.1 Å². The summed E-state index contributed by atoms with van der Waals surface area (Å²) in [6.07, 6.45) is 0. The lowest BCUT2D eigenvalue weighted by Crippen LogP contribution is -2.22. The van der Waals surface area contributed by atoms with Crippen LogP contribution in [0.15, 0.2) is 108 Å². The van der Waals surface area contributed by atoms with E-state index >= 15 is 0 Å². The summed E-state index contributed by atoms with van der Waals surface area (Å²) in [5.41, 5.74) is 5.54. The number of nitrogens with one attached hydrogen (secondary N) is 1. The molecule has 4 rings (SSSR count). The standard InChI is InChI=1S/C26H21ClN4O4/c27-22-16-21(23(30(32)33)17-24(22)31(34)35)25(18-10-4-1-5-11-18)26(19-12-6-2-7-13-19)29-28-20-14-8-3-9-15-20/h1-17,25,28,32-33H/q-2. The molecule has 1 atom stereocenters. The summed E-state index contributed by atoms with van der Waals surface area (Å²) >= 11 is 6.28. The van der Waals surface area contributed by atoms with Crippen LogP contribution >= 0.6 is 11.6 Å². The van der Waals surface area contributed by atoms with Gasteiger partial charge in [0.15, 0.2) is 0 Å². The van der Waals surface area contributed by atoms with Crippen molar-refractivity contribution in [3.63, 3.8) is 0 Å². The van der Waals surface area contributed by atoms with Gasteiger partial charge in [0.2, 0.25) is 0 Å². The third-order valence-electron chi connectivity index (χ3n) is 5.37. The quantitative estimate of drug-likeness (QED) is 0.194. The van der Waals surface area contributed by atoms with E-state index in [0.717, 1.165) is 22.9 Å². The second-order valence-electron chi connectivity index (χ2n) is 7.59. The summed E-state index contributed by atoms with van der Waals surface area (Å²) < 4.78 is 0. The van der Waals surface area contributed by atoms with Crippen molar-refractivity contribution in [1.82, 2.24) is 0 Å². The summed E-state index contributed by atoms with van der Waals surface area (Å²) in [6, 6.07) is 30.4. The first kappa shape index (κ1) is 24.2. The molecule has 0 aliphatic rings. The molecule has 0 saturated heterocycles. The van der Waals surface area contributed by atoms with Crippen LogP contribution < -0.4 is 15.9 Å². The highest BCUT2D eigenvalue weighted by atomic mass is 35.5. The molecule has 0 saturated carbocycles. The van der Waals surface area contributed by atoms with Gasteiger partial charge in [0.25, 0.3) is 0 Å². The summed E-state index contributed by atoms with van der Waals surface area (Å²) in [6.45, 7) is 0. The maximum absolute atomic E-state index is 11.5. The number of anilines is 3. The average Bonchev–Trinajstić information content (AvgIpc) is 2.87. The van der Waals surface area contributed by atoms with Crippen LogP contribution in [0.25, 0.3) is 0 Å². The zero-order valence-electron chi connectivity index (χ0n) is 18.3. The molecule has 0 heterocycles. The lowest BCUT2D eigenvalue weighted by Gasteiger charge is -2.39. The van der Waals surface area contributed by atoms with Crippen LogP contribution in [-0.2, 0) is 0 Å². The Labute approximate surface area is 207 Å². The summed E-state index contributed by atoms with van der Waals surface area (Å²) in [5.74, 6) is -0.676. The predicted octanol–water partition coefficient (Wildman–Crippen LogP) is 6.38. The van der Waals surface area contributed by atoms with Gasteiger partial charge in [-0.2, -0.15) is 5.10 Å². The van der Waals surface area contributed by atoms with Crippen LogP contribution in [0.5, 0.6) is 0 Å². The minimum absolute atomic E-state index is 0.137. The Morgan fingerprint density at radius 1 is 0.800 bits per heavy atom. The zero-order chi connectivity index (χ0) is 24.8. The van der Waals surface area contributed by atoms with Gasteiger partial charge in [0.05, 0.1) is 22.3 Å². The van der Waals surface area contributed by atoms with Crippen molar-refractivity contribution < 1.29 is 10.4 Å². The molecule has 0 aliphatic heterocycles. The van der Waals surface area contributed by atoms with E-state index in [1.807, 2.05) is 91.0 Å². The van der Waals surface area contributed by atoms with Crippen molar-refractivity contribution >= 4 is 34.4 Å². The predicted molar refractivity (Wildman–Crippen MR) is 138 cm³/mol. The molecule has 0 aromatic heterocycles. The topological polar surface area (TPSA) is 117 Å². The van der Waals surface area contributed by atoms with Gasteiger partial charge >= 0.3 is 0 Å². The molecule has 8 nitrogen and oxygen atoms in total. The number of hydrogen-bond acceptors (Lipinski definition) is 8. The second-order valence-corrected chi connectivity index (χ2v) is 8.00. The van der Waals surface area contributed by atoms with E-state index in [2.05, 4.69) is 5.43 Å². The first-order valence-corrected chi connectivity index (χ1v) is 11.0. The van der Waals surface area contributed by atoms with Crippen molar-refractivity contribution in [3.8, 4) is 0 Å². The van der Waals surface area contributed by atoms with Crippen molar-refractivity contribution in [3.05, 3.63) is 135 Å². The molecule has 4 aromatic rings. The number of rotatable bonds is 8. The zero-order valence-corrected chi connectivity index (χ0v) is 19.1. The molecule has 178 valence electrons. The lowest BCUT2D eigenvalue weighted by atomic mass is 9.83. The fourth-order valence-corrected chi connectivity index (χ4v) is 4.02. The minimum atomic E-state index is -0.681. The highest BCUT2D eigenvalue weighted by Gasteiger charge is 2.28. The molecule has 1 unspecified atom stereocenters. The van der Waals surface area contributed by atoms with Gasteiger partial charge in [0, 0.05) is 5.69 Å². The first-order valence-electron chi connectivity index (χ1n) is 10.6. The van der Waals surface area contributed by atoms with Gasteiger partial charge in [-0.25, -0.2) is 0 Å². The summed E-state index contributed by atoms with van der Waals surface area (Å²) in [7, 11) is 0. The number of nitrogens with zero attached hydrogens (tertiary/aromatic N) is 3. The van der Waals surface area contributed by atoms with Crippen molar-refractivity contribution in [1.29, 1.82) is 0 Å². The number of hydrogen-bond donors (Lipinski definition) is 3. The van der Waals surface area contributed by atoms with Crippen molar-refractivity contribution in [2.45, 2.75) is 5.92 Å². The number of benzene rings is 4. The minimum Gasteiger partial charge on any atom is -0.769 e. The number of hydrazone groups is 1. The highest BCUT2D eigenvalue weighted by molar-refractivity contribution is 6.33. The van der Waals surface area contributed by atoms with E-state index in [1.165, 1.54) is 6.07 Å². The summed E-state index contributed by atoms with van der Waals surface area (Å²) in [4.78, 5) is 0. The van der Waals surface area contributed by atoms with Crippen molar-refractivity contribution in [2.75, 3.05) is 15.9 Å². The van der Waals surface area contributed by atoms with E-state index in [4.69, 9.17) is 16.7 Å². The third-order valence-corrected chi connectivity index (χ3v) is 5.68. The maximum Gasteiger partial charge on any atom is 0.101 e. The van der Waals surface area contributed by atoms with Gasteiger partial charge < -0.3 is 15.6 Å². The first-order chi connectivity index (χ1) is 17.0. The molecule has 0 amide bonds. The third kappa shape index (κ3) is 5.60. The molecule has 35 heavy (non-hydrogen) atoms. The van der Waals surface area contributed by atoms with Crippen LogP contribution in [0.3, 0.4) is 0 Å². The van der Waals surface area contributed by atoms with E-state index in [0.29, 0.717) is 11.3 Å². The second kappa shape index (κ2) is 11.0. The SMILES string of the molecule is [O-]N([O-])c1cc(N(O)O)c(C(C(=NNc2ccccc2)c2ccccc2)c2ccccc2)cc1Cl. The number of para-hydroxylation sites is 1. The Hall–Kier alpha value is -3.92. The van der Waals surface area contributed by atoms with Crippen LogP contribution in [0.2, 0.25) is 5.02 Å². The molecule has 0 spiro atoms. The molecule has 9 heteroatoms. The summed E-state index contributed by atoms with van der Waals surface area (Å²) in [5, 5.41) is 46.7. The fraction of sp³-hybridized carbons (Fsp3) is 0.0385. The molecule has 0 fully saturated rings. The Bertz CT molecular complexity index is 1290. The van der Waals surface area contributed by atoms with Crippen LogP contribution in [0.1, 0.15) is 22.6 Å².